The minimum Gasteiger partial charge on any atom is -0.468 e. The van der Waals surface area contributed by atoms with E-state index >= 15 is 0 Å². The van der Waals surface area contributed by atoms with Crippen LogP contribution in [0.1, 0.15) is 10.4 Å². The maximum atomic E-state index is 12.5. The fourth-order valence-electron chi connectivity index (χ4n) is 2.38. The van der Waals surface area contributed by atoms with Gasteiger partial charge in [0.2, 0.25) is 0 Å². The lowest BCUT2D eigenvalue weighted by molar-refractivity contribution is -0.384. The summed E-state index contributed by atoms with van der Waals surface area (Å²) >= 11 is 6.97. The molecule has 0 aliphatic rings. The summed E-state index contributed by atoms with van der Waals surface area (Å²) < 4.78 is 6.69. The van der Waals surface area contributed by atoms with Crippen LogP contribution in [0, 0.1) is 10.1 Å². The lowest BCUT2D eigenvalue weighted by atomic mass is 10.2. The maximum absolute atomic E-state index is 12.5. The molecule has 0 atom stereocenters. The Kier molecular flexibility index (Phi) is 5.33. The van der Waals surface area contributed by atoms with Crippen LogP contribution in [0.15, 0.2) is 47.5 Å². The molecule has 0 radical (unpaired) electrons. The maximum Gasteiger partial charge on any atom is 0.325 e. The number of rotatable bonds is 4. The van der Waals surface area contributed by atoms with E-state index in [1.807, 2.05) is 0 Å². The predicted molar refractivity (Wildman–Crippen MR) is 99.8 cm³/mol. The highest BCUT2D eigenvalue weighted by atomic mass is 35.5. The number of carbonyl (C=O) groups excluding carboxylic acids is 2. The molecule has 1 heterocycles. The molecule has 0 N–H and O–H groups in total. The minimum absolute atomic E-state index is 0.0957. The van der Waals surface area contributed by atoms with Gasteiger partial charge in [-0.2, -0.15) is 4.99 Å². The summed E-state index contributed by atoms with van der Waals surface area (Å²) in [5.41, 5.74) is 0.728. The Hall–Kier alpha value is -3.04. The van der Waals surface area contributed by atoms with Crippen molar-refractivity contribution in [2.24, 2.45) is 4.99 Å². The quantitative estimate of drug-likeness (QED) is 0.376. The summed E-state index contributed by atoms with van der Waals surface area (Å²) in [7, 11) is 1.25. The topological polar surface area (TPSA) is 104 Å². The second-order valence-corrected chi connectivity index (χ2v) is 6.83. The Balaban J connectivity index is 2.17. The molecule has 1 amide bonds. The number of hydrogen-bond acceptors (Lipinski definition) is 6. The standard InChI is InChI=1S/C17H12ClN3O5S/c1-26-15(22)9-20-13-6-5-12(21(24)25)8-14(13)27-17(20)19-16(23)10-3-2-4-11(18)7-10/h2-8H,9H2,1H3. The normalized spacial score (nSPS) is 11.6. The number of nitro groups is 1. The van der Waals surface area contributed by atoms with Crippen molar-refractivity contribution in [1.29, 1.82) is 0 Å². The first kappa shape index (κ1) is 18.7. The van der Waals surface area contributed by atoms with E-state index in [4.69, 9.17) is 11.6 Å². The van der Waals surface area contributed by atoms with Crippen molar-refractivity contribution in [3.8, 4) is 0 Å². The zero-order valence-electron chi connectivity index (χ0n) is 13.9. The number of thiazole rings is 1. The summed E-state index contributed by atoms with van der Waals surface area (Å²) in [6.07, 6.45) is 0. The van der Waals surface area contributed by atoms with Crippen molar-refractivity contribution >= 4 is 50.7 Å². The molecule has 8 nitrogen and oxygen atoms in total. The van der Waals surface area contributed by atoms with E-state index in [0.29, 0.717) is 15.2 Å². The third-order valence-corrected chi connectivity index (χ3v) is 4.94. The monoisotopic (exact) mass is 405 g/mol. The van der Waals surface area contributed by atoms with E-state index in [9.17, 15) is 19.7 Å². The third-order valence-electron chi connectivity index (χ3n) is 3.66. The molecule has 0 saturated carbocycles. The van der Waals surface area contributed by atoms with Gasteiger partial charge in [0.1, 0.15) is 6.54 Å². The zero-order chi connectivity index (χ0) is 19.6. The number of nitro benzene ring substituents is 1. The van der Waals surface area contributed by atoms with Crippen LogP contribution in [0.25, 0.3) is 10.2 Å². The number of benzene rings is 2. The Morgan fingerprint density at radius 3 is 2.74 bits per heavy atom. The smallest absolute Gasteiger partial charge is 0.325 e. The molecular weight excluding hydrogens is 394 g/mol. The number of nitrogens with zero attached hydrogens (tertiary/aromatic N) is 3. The Labute approximate surface area is 161 Å². The van der Waals surface area contributed by atoms with E-state index < -0.39 is 16.8 Å². The van der Waals surface area contributed by atoms with E-state index in [2.05, 4.69) is 9.73 Å². The van der Waals surface area contributed by atoms with Crippen molar-refractivity contribution < 1.29 is 19.2 Å². The van der Waals surface area contributed by atoms with Gasteiger partial charge in [-0.05, 0) is 24.3 Å². The largest absolute Gasteiger partial charge is 0.468 e. The van der Waals surface area contributed by atoms with Crippen LogP contribution in [-0.2, 0) is 16.1 Å². The molecule has 10 heteroatoms. The van der Waals surface area contributed by atoms with Crippen LogP contribution in [-0.4, -0.2) is 28.5 Å². The van der Waals surface area contributed by atoms with Crippen LogP contribution in [0.5, 0.6) is 0 Å². The predicted octanol–water partition coefficient (Wildman–Crippen LogP) is 3.18. The van der Waals surface area contributed by atoms with Crippen LogP contribution < -0.4 is 4.80 Å². The van der Waals surface area contributed by atoms with E-state index in [1.165, 1.54) is 35.9 Å². The van der Waals surface area contributed by atoms with Gasteiger partial charge in [-0.3, -0.25) is 19.7 Å². The molecule has 138 valence electrons. The van der Waals surface area contributed by atoms with Gasteiger partial charge in [-0.25, -0.2) is 0 Å². The van der Waals surface area contributed by atoms with Crippen molar-refractivity contribution in [2.45, 2.75) is 6.54 Å². The number of aromatic nitrogens is 1. The molecule has 27 heavy (non-hydrogen) atoms. The van der Waals surface area contributed by atoms with Crippen molar-refractivity contribution in [3.05, 3.63) is 68.0 Å². The number of methoxy groups -OCH3 is 1. The van der Waals surface area contributed by atoms with Crippen molar-refractivity contribution in [2.75, 3.05) is 7.11 Å². The molecule has 0 spiro atoms. The Morgan fingerprint density at radius 2 is 2.07 bits per heavy atom. The second-order valence-electron chi connectivity index (χ2n) is 5.38. The Bertz CT molecular complexity index is 1140. The zero-order valence-corrected chi connectivity index (χ0v) is 15.5. The lowest BCUT2D eigenvalue weighted by Crippen LogP contribution is -2.22. The molecule has 1 aromatic heterocycles. The summed E-state index contributed by atoms with van der Waals surface area (Å²) in [5.74, 6) is -1.08. The van der Waals surface area contributed by atoms with Crippen LogP contribution >= 0.6 is 22.9 Å². The number of esters is 1. The van der Waals surface area contributed by atoms with Crippen LogP contribution in [0.4, 0.5) is 5.69 Å². The summed E-state index contributed by atoms with van der Waals surface area (Å²) in [6, 6.07) is 10.5. The average Bonchev–Trinajstić information content (AvgIpc) is 2.97. The number of ether oxygens (including phenoxy) is 1. The number of halogens is 1. The van der Waals surface area contributed by atoms with Gasteiger partial charge in [0.15, 0.2) is 4.80 Å². The highest BCUT2D eigenvalue weighted by molar-refractivity contribution is 7.16. The summed E-state index contributed by atoms with van der Waals surface area (Å²) in [4.78, 5) is 39.0. The molecule has 2 aromatic carbocycles. The van der Waals surface area contributed by atoms with Gasteiger partial charge in [-0.1, -0.05) is 29.0 Å². The van der Waals surface area contributed by atoms with Gasteiger partial charge < -0.3 is 9.30 Å². The first-order chi connectivity index (χ1) is 12.9. The van der Waals surface area contributed by atoms with Gasteiger partial charge in [-0.15, -0.1) is 0 Å². The van der Waals surface area contributed by atoms with E-state index in [-0.39, 0.29) is 22.6 Å². The van der Waals surface area contributed by atoms with Gasteiger partial charge in [0, 0.05) is 22.7 Å². The van der Waals surface area contributed by atoms with Gasteiger partial charge >= 0.3 is 5.97 Å². The van der Waals surface area contributed by atoms with Crippen LogP contribution in [0.3, 0.4) is 0 Å². The molecule has 0 bridgehead atoms. The van der Waals surface area contributed by atoms with Gasteiger partial charge in [0.25, 0.3) is 11.6 Å². The number of hydrogen-bond donors (Lipinski definition) is 0. The SMILES string of the molecule is COC(=O)Cn1c(=NC(=O)c2cccc(Cl)c2)sc2cc([N+](=O)[O-])ccc21. The van der Waals surface area contributed by atoms with Gasteiger partial charge in [0.05, 0.1) is 22.2 Å². The highest BCUT2D eigenvalue weighted by Crippen LogP contribution is 2.23. The molecule has 0 aliphatic carbocycles. The van der Waals surface area contributed by atoms with Crippen molar-refractivity contribution in [1.82, 2.24) is 4.57 Å². The van der Waals surface area contributed by atoms with E-state index in [1.54, 1.807) is 18.2 Å². The molecular formula is C17H12ClN3O5S. The molecule has 0 fully saturated rings. The second kappa shape index (κ2) is 7.68. The van der Waals surface area contributed by atoms with E-state index in [0.717, 1.165) is 11.3 Å². The van der Waals surface area contributed by atoms with Crippen LogP contribution in [0.2, 0.25) is 5.02 Å². The summed E-state index contributed by atoms with van der Waals surface area (Å²) in [5, 5.41) is 11.4. The third kappa shape index (κ3) is 4.04. The molecule has 0 aliphatic heterocycles. The minimum atomic E-state index is -0.544. The lowest BCUT2D eigenvalue weighted by Gasteiger charge is -2.03. The number of non-ortho nitro benzene ring substituents is 1. The number of carbonyl (C=O) groups is 2. The number of fused-ring (bicyclic) bond motifs is 1. The summed E-state index contributed by atoms with van der Waals surface area (Å²) in [6.45, 7) is -0.185. The highest BCUT2D eigenvalue weighted by Gasteiger charge is 2.15. The first-order valence-electron chi connectivity index (χ1n) is 7.58. The Morgan fingerprint density at radius 1 is 1.30 bits per heavy atom. The molecule has 0 unspecified atom stereocenters. The number of amides is 1. The average molecular weight is 406 g/mol. The molecule has 0 saturated heterocycles. The fraction of sp³-hybridized carbons (Fsp3) is 0.118. The molecule has 3 rings (SSSR count). The molecule has 3 aromatic rings. The van der Waals surface area contributed by atoms with Crippen molar-refractivity contribution in [3.63, 3.8) is 0 Å². The first-order valence-corrected chi connectivity index (χ1v) is 8.77. The fourth-order valence-corrected chi connectivity index (χ4v) is 3.63.